The van der Waals surface area contributed by atoms with E-state index in [2.05, 4.69) is 10.3 Å². The first-order valence-electron chi connectivity index (χ1n) is 6.21. The van der Waals surface area contributed by atoms with Crippen molar-refractivity contribution in [1.82, 2.24) is 10.3 Å². The second-order valence-corrected chi connectivity index (χ2v) is 4.81. The van der Waals surface area contributed by atoms with Gasteiger partial charge < -0.3 is 15.4 Å². The van der Waals surface area contributed by atoms with Crippen LogP contribution in [-0.4, -0.2) is 28.6 Å². The molecule has 0 saturated heterocycles. The van der Waals surface area contributed by atoms with E-state index in [9.17, 15) is 9.18 Å². The number of hydrogen-bond donors (Lipinski definition) is 3. The molecule has 0 saturated carbocycles. The van der Waals surface area contributed by atoms with Gasteiger partial charge in [-0.05, 0) is 31.0 Å². The van der Waals surface area contributed by atoms with E-state index in [-0.39, 0.29) is 30.3 Å². The molecular formula is C14H17FN2O2. The number of hydrogen-bond acceptors (Lipinski definition) is 2. The summed E-state index contributed by atoms with van der Waals surface area (Å²) in [5, 5.41) is 12.6. The Bertz CT molecular complexity index is 594. The Labute approximate surface area is 110 Å². The van der Waals surface area contributed by atoms with Crippen molar-refractivity contribution in [3.05, 3.63) is 35.8 Å². The number of carbonyl (C=O) groups is 1. The minimum absolute atomic E-state index is 0.0144. The van der Waals surface area contributed by atoms with Crippen molar-refractivity contribution in [2.45, 2.75) is 19.9 Å². The molecule has 2 rings (SSSR count). The first kappa shape index (κ1) is 13.5. The van der Waals surface area contributed by atoms with Crippen LogP contribution in [0.25, 0.3) is 10.9 Å². The molecule has 2 atom stereocenters. The lowest BCUT2D eigenvalue weighted by atomic mass is 10.0. The number of rotatable bonds is 4. The van der Waals surface area contributed by atoms with E-state index in [0.717, 1.165) is 0 Å². The average Bonchev–Trinajstić information content (AvgIpc) is 2.80. The van der Waals surface area contributed by atoms with Gasteiger partial charge in [0.05, 0.1) is 5.56 Å². The smallest absolute Gasteiger partial charge is 0.253 e. The normalized spacial score (nSPS) is 14.3. The van der Waals surface area contributed by atoms with E-state index >= 15 is 0 Å². The van der Waals surface area contributed by atoms with Gasteiger partial charge in [0.25, 0.3) is 5.91 Å². The standard InChI is InChI=1S/C14H17FN2O2/c1-8(7-18)9(2)17-14(19)12-6-16-13-5-10(15)3-4-11(12)13/h3-6,8-9,16,18H,7H2,1-2H3,(H,17,19). The summed E-state index contributed by atoms with van der Waals surface area (Å²) in [7, 11) is 0. The maximum absolute atomic E-state index is 13.1. The molecule has 102 valence electrons. The number of aromatic nitrogens is 1. The van der Waals surface area contributed by atoms with E-state index in [1.54, 1.807) is 12.3 Å². The van der Waals surface area contributed by atoms with Crippen LogP contribution in [-0.2, 0) is 0 Å². The average molecular weight is 264 g/mol. The summed E-state index contributed by atoms with van der Waals surface area (Å²) in [5.41, 5.74) is 1.07. The lowest BCUT2D eigenvalue weighted by Crippen LogP contribution is -2.38. The number of benzene rings is 1. The SMILES string of the molecule is CC(CO)C(C)NC(=O)c1c[nH]c2cc(F)ccc12. The quantitative estimate of drug-likeness (QED) is 0.791. The third-order valence-electron chi connectivity index (χ3n) is 3.39. The van der Waals surface area contributed by atoms with Crippen LogP contribution in [0.15, 0.2) is 24.4 Å². The van der Waals surface area contributed by atoms with Gasteiger partial charge in [-0.25, -0.2) is 4.39 Å². The van der Waals surface area contributed by atoms with Gasteiger partial charge in [0.1, 0.15) is 5.82 Å². The summed E-state index contributed by atoms with van der Waals surface area (Å²) in [4.78, 5) is 15.0. The third kappa shape index (κ3) is 2.76. The highest BCUT2D eigenvalue weighted by Crippen LogP contribution is 2.19. The van der Waals surface area contributed by atoms with Crippen LogP contribution < -0.4 is 5.32 Å². The van der Waals surface area contributed by atoms with Gasteiger partial charge in [0.2, 0.25) is 0 Å². The molecule has 2 unspecified atom stereocenters. The van der Waals surface area contributed by atoms with Gasteiger partial charge >= 0.3 is 0 Å². The highest BCUT2D eigenvalue weighted by atomic mass is 19.1. The van der Waals surface area contributed by atoms with Gasteiger partial charge in [0, 0.05) is 29.7 Å². The number of aliphatic hydroxyl groups is 1. The summed E-state index contributed by atoms with van der Waals surface area (Å²) in [6.07, 6.45) is 1.57. The molecule has 5 heteroatoms. The Hall–Kier alpha value is -1.88. The zero-order valence-electron chi connectivity index (χ0n) is 10.9. The molecule has 0 aliphatic rings. The van der Waals surface area contributed by atoms with Crippen molar-refractivity contribution >= 4 is 16.8 Å². The highest BCUT2D eigenvalue weighted by Gasteiger charge is 2.17. The van der Waals surface area contributed by atoms with E-state index < -0.39 is 0 Å². The van der Waals surface area contributed by atoms with Crippen LogP contribution >= 0.6 is 0 Å². The number of H-pyrrole nitrogens is 1. The van der Waals surface area contributed by atoms with Crippen molar-refractivity contribution in [1.29, 1.82) is 0 Å². The Kier molecular flexibility index (Phi) is 3.85. The third-order valence-corrected chi connectivity index (χ3v) is 3.39. The maximum atomic E-state index is 13.1. The van der Waals surface area contributed by atoms with Crippen LogP contribution in [0.1, 0.15) is 24.2 Å². The van der Waals surface area contributed by atoms with Crippen LogP contribution in [0, 0.1) is 11.7 Å². The molecule has 0 spiro atoms. The molecule has 0 bridgehead atoms. The molecule has 0 radical (unpaired) electrons. The van der Waals surface area contributed by atoms with Gasteiger partial charge in [-0.1, -0.05) is 6.92 Å². The van der Waals surface area contributed by atoms with E-state index in [0.29, 0.717) is 16.5 Å². The summed E-state index contributed by atoms with van der Waals surface area (Å²) in [6.45, 7) is 3.71. The van der Waals surface area contributed by atoms with Gasteiger partial charge in [-0.2, -0.15) is 0 Å². The predicted octanol–water partition coefficient (Wildman–Crippen LogP) is 2.05. The molecule has 1 aromatic heterocycles. The van der Waals surface area contributed by atoms with Gasteiger partial charge in [0.15, 0.2) is 0 Å². The fraction of sp³-hybridized carbons (Fsp3) is 0.357. The Balaban J connectivity index is 2.22. The molecule has 0 aliphatic heterocycles. The van der Waals surface area contributed by atoms with E-state index in [1.807, 2.05) is 13.8 Å². The molecular weight excluding hydrogens is 247 g/mol. The summed E-state index contributed by atoms with van der Waals surface area (Å²) >= 11 is 0. The van der Waals surface area contributed by atoms with E-state index in [1.165, 1.54) is 12.1 Å². The number of halogens is 1. The first-order chi connectivity index (χ1) is 9.02. The largest absolute Gasteiger partial charge is 0.396 e. The lowest BCUT2D eigenvalue weighted by molar-refractivity contribution is 0.0918. The summed E-state index contributed by atoms with van der Waals surface area (Å²) in [5.74, 6) is -0.596. The maximum Gasteiger partial charge on any atom is 0.253 e. The number of carbonyl (C=O) groups excluding carboxylic acids is 1. The van der Waals surface area contributed by atoms with Crippen molar-refractivity contribution < 1.29 is 14.3 Å². The monoisotopic (exact) mass is 264 g/mol. The van der Waals surface area contributed by atoms with Crippen molar-refractivity contribution in [2.75, 3.05) is 6.61 Å². The Morgan fingerprint density at radius 3 is 2.89 bits per heavy atom. The fourth-order valence-electron chi connectivity index (χ4n) is 1.87. The molecule has 2 aromatic rings. The predicted molar refractivity (Wildman–Crippen MR) is 71.4 cm³/mol. The summed E-state index contributed by atoms with van der Waals surface area (Å²) in [6, 6.07) is 4.12. The lowest BCUT2D eigenvalue weighted by Gasteiger charge is -2.18. The zero-order valence-corrected chi connectivity index (χ0v) is 10.9. The molecule has 3 N–H and O–H groups in total. The molecule has 0 fully saturated rings. The minimum atomic E-state index is -0.344. The Morgan fingerprint density at radius 2 is 2.21 bits per heavy atom. The molecule has 1 aromatic carbocycles. The number of fused-ring (bicyclic) bond motifs is 1. The summed E-state index contributed by atoms with van der Waals surface area (Å²) < 4.78 is 13.1. The van der Waals surface area contributed by atoms with Crippen molar-refractivity contribution in [3.63, 3.8) is 0 Å². The number of aromatic amines is 1. The molecule has 4 nitrogen and oxygen atoms in total. The van der Waals surface area contributed by atoms with Gasteiger partial charge in [-0.3, -0.25) is 4.79 Å². The number of aliphatic hydroxyl groups excluding tert-OH is 1. The second-order valence-electron chi connectivity index (χ2n) is 4.81. The number of nitrogens with one attached hydrogen (secondary N) is 2. The number of amides is 1. The first-order valence-corrected chi connectivity index (χ1v) is 6.21. The second kappa shape index (κ2) is 5.40. The topological polar surface area (TPSA) is 65.1 Å². The molecule has 1 amide bonds. The molecule has 0 aliphatic carbocycles. The van der Waals surface area contributed by atoms with Crippen LogP contribution in [0.3, 0.4) is 0 Å². The van der Waals surface area contributed by atoms with E-state index in [4.69, 9.17) is 5.11 Å². The van der Waals surface area contributed by atoms with Crippen LogP contribution in [0.5, 0.6) is 0 Å². The van der Waals surface area contributed by atoms with Crippen molar-refractivity contribution in [3.8, 4) is 0 Å². The molecule has 19 heavy (non-hydrogen) atoms. The fourth-order valence-corrected chi connectivity index (χ4v) is 1.87. The zero-order chi connectivity index (χ0) is 14.0. The van der Waals surface area contributed by atoms with Crippen LogP contribution in [0.4, 0.5) is 4.39 Å². The Morgan fingerprint density at radius 1 is 1.47 bits per heavy atom. The van der Waals surface area contributed by atoms with Gasteiger partial charge in [-0.15, -0.1) is 0 Å². The highest BCUT2D eigenvalue weighted by molar-refractivity contribution is 6.06. The molecule has 1 heterocycles. The van der Waals surface area contributed by atoms with Crippen LogP contribution in [0.2, 0.25) is 0 Å². The van der Waals surface area contributed by atoms with Crippen molar-refractivity contribution in [2.24, 2.45) is 5.92 Å². The minimum Gasteiger partial charge on any atom is -0.396 e.